The maximum atomic E-state index is 11.5. The molecule has 10 heteroatoms. The van der Waals surface area contributed by atoms with E-state index in [1.165, 1.54) is 0 Å². The van der Waals surface area contributed by atoms with Crippen molar-refractivity contribution in [1.29, 1.82) is 0 Å². The number of nitrogens with zero attached hydrogens (tertiary/aromatic N) is 2. The van der Waals surface area contributed by atoms with Crippen molar-refractivity contribution < 1.29 is 24.9 Å². The Morgan fingerprint density at radius 3 is 2.56 bits per heavy atom. The third-order valence-electron chi connectivity index (χ3n) is 2.42. The number of halogens is 1. The zero-order valence-electron chi connectivity index (χ0n) is 9.27. The lowest BCUT2D eigenvalue weighted by molar-refractivity contribution is -0.0794. The monoisotopic (exact) mass is 283 g/mol. The van der Waals surface area contributed by atoms with Crippen LogP contribution >= 0.6 is 11.6 Å². The largest absolute Gasteiger partial charge is 0.394 e. The summed E-state index contributed by atoms with van der Waals surface area (Å²) in [6.07, 6.45) is -5.49. The zero-order valence-corrected chi connectivity index (χ0v) is 10.0. The Morgan fingerprint density at radius 1 is 1.44 bits per heavy atom. The number of aliphatic hydroxyl groups is 3. The number of ether oxygens (including phenoxy) is 1. The number of hydrogen-bond donors (Lipinski definition) is 4. The molecule has 1 rings (SSSR count). The summed E-state index contributed by atoms with van der Waals surface area (Å²) in [6.45, 7) is -0.466. The van der Waals surface area contributed by atoms with Gasteiger partial charge < -0.3 is 25.4 Å². The Balaban J connectivity index is 2.71. The van der Waals surface area contributed by atoms with Crippen molar-refractivity contribution in [3.63, 3.8) is 0 Å². The number of amides is 2. The van der Waals surface area contributed by atoms with Crippen LogP contribution in [0.15, 0.2) is 5.29 Å². The molecule has 1 saturated heterocycles. The summed E-state index contributed by atoms with van der Waals surface area (Å²) in [4.78, 5) is 22.1. The van der Waals surface area contributed by atoms with Crippen molar-refractivity contribution >= 4 is 17.6 Å². The van der Waals surface area contributed by atoms with Crippen molar-refractivity contribution in [2.45, 2.75) is 24.5 Å². The van der Waals surface area contributed by atoms with Crippen LogP contribution in [0, 0.1) is 4.91 Å². The Labute approximate surface area is 107 Å². The highest BCUT2D eigenvalue weighted by Crippen LogP contribution is 2.24. The highest BCUT2D eigenvalue weighted by atomic mass is 35.5. The quantitative estimate of drug-likeness (QED) is 0.272. The molecular weight excluding hydrogens is 270 g/mol. The molecule has 104 valence electrons. The zero-order chi connectivity index (χ0) is 13.7. The minimum atomic E-state index is -1.54. The standard InChI is InChI=1S/C8H14ClN3O6/c9-1-2-10-8(16)12(11-17)7-6(15)5(14)4(3-13)18-7/h4-7,13-15H,1-3H2,(H,10,16)/t4-,5-,6-,7?/m1/s1. The first kappa shape index (κ1) is 15.1. The highest BCUT2D eigenvalue weighted by Gasteiger charge is 2.47. The normalized spacial score (nSPS) is 31.1. The maximum absolute atomic E-state index is 11.5. The van der Waals surface area contributed by atoms with Crippen LogP contribution in [0.5, 0.6) is 0 Å². The fraction of sp³-hybridized carbons (Fsp3) is 0.875. The van der Waals surface area contributed by atoms with E-state index in [1.54, 1.807) is 0 Å². The van der Waals surface area contributed by atoms with Crippen LogP contribution in [-0.2, 0) is 4.74 Å². The molecule has 1 heterocycles. The van der Waals surface area contributed by atoms with E-state index in [0.717, 1.165) is 0 Å². The van der Waals surface area contributed by atoms with Crippen LogP contribution < -0.4 is 5.32 Å². The SMILES string of the molecule is O=NN(C(=O)NCCCl)C1O[C@H](CO)[C@@H](O)[C@H]1O. The van der Waals surface area contributed by atoms with E-state index in [1.807, 2.05) is 0 Å². The third kappa shape index (κ3) is 3.06. The number of aliphatic hydroxyl groups excluding tert-OH is 3. The number of hydrogen-bond acceptors (Lipinski definition) is 7. The van der Waals surface area contributed by atoms with Gasteiger partial charge in [0.15, 0.2) is 6.23 Å². The van der Waals surface area contributed by atoms with Crippen molar-refractivity contribution in [2.75, 3.05) is 19.0 Å². The summed E-state index contributed by atoms with van der Waals surface area (Å²) in [6, 6.07) is -0.916. The molecule has 0 radical (unpaired) electrons. The Morgan fingerprint density at radius 2 is 2.11 bits per heavy atom. The number of carbonyl (C=O) groups excluding carboxylic acids is 1. The maximum Gasteiger partial charge on any atom is 0.343 e. The van der Waals surface area contributed by atoms with Crippen LogP contribution in [0.2, 0.25) is 0 Å². The van der Waals surface area contributed by atoms with E-state index in [0.29, 0.717) is 5.01 Å². The van der Waals surface area contributed by atoms with Crippen LogP contribution in [0.3, 0.4) is 0 Å². The van der Waals surface area contributed by atoms with Crippen molar-refractivity contribution in [1.82, 2.24) is 10.3 Å². The number of urea groups is 1. The Hall–Kier alpha value is -1.00. The van der Waals surface area contributed by atoms with Gasteiger partial charge in [0.25, 0.3) is 0 Å². The lowest BCUT2D eigenvalue weighted by Crippen LogP contribution is -2.48. The van der Waals surface area contributed by atoms with Gasteiger partial charge in [-0.2, -0.15) is 0 Å². The fourth-order valence-corrected chi connectivity index (χ4v) is 1.61. The van der Waals surface area contributed by atoms with E-state index in [-0.39, 0.29) is 12.4 Å². The molecule has 0 aromatic carbocycles. The number of alkyl halides is 1. The van der Waals surface area contributed by atoms with E-state index in [4.69, 9.17) is 21.4 Å². The molecular formula is C8H14ClN3O6. The van der Waals surface area contributed by atoms with Crippen molar-refractivity contribution in [3.05, 3.63) is 4.91 Å². The van der Waals surface area contributed by atoms with Gasteiger partial charge in [0, 0.05) is 12.4 Å². The second kappa shape index (κ2) is 6.81. The summed E-state index contributed by atoms with van der Waals surface area (Å²) in [5, 5.41) is 32.9. The Bertz CT molecular complexity index is 307. The van der Waals surface area contributed by atoms with Gasteiger partial charge in [-0.15, -0.1) is 21.5 Å². The highest BCUT2D eigenvalue weighted by molar-refractivity contribution is 6.18. The molecule has 4 N–H and O–H groups in total. The number of rotatable bonds is 5. The van der Waals surface area contributed by atoms with E-state index in [9.17, 15) is 19.9 Å². The van der Waals surface area contributed by atoms with Gasteiger partial charge in [-0.3, -0.25) is 0 Å². The average Bonchev–Trinajstić information content (AvgIpc) is 2.65. The number of nitrogens with one attached hydrogen (secondary N) is 1. The molecule has 0 bridgehead atoms. The van der Waals surface area contributed by atoms with Gasteiger partial charge in [0.05, 0.1) is 11.9 Å². The van der Waals surface area contributed by atoms with Gasteiger partial charge in [-0.05, 0) is 0 Å². The second-order valence-corrected chi connectivity index (χ2v) is 3.95. The predicted molar refractivity (Wildman–Crippen MR) is 59.5 cm³/mol. The Kier molecular flexibility index (Phi) is 5.69. The first-order valence-electron chi connectivity index (χ1n) is 5.15. The van der Waals surface area contributed by atoms with E-state index >= 15 is 0 Å². The molecule has 0 aromatic heterocycles. The summed E-state index contributed by atoms with van der Waals surface area (Å²) < 4.78 is 4.98. The van der Waals surface area contributed by atoms with Crippen LogP contribution in [0.4, 0.5) is 4.79 Å². The first-order chi connectivity index (χ1) is 8.56. The summed E-state index contributed by atoms with van der Waals surface area (Å²) in [7, 11) is 0. The fourth-order valence-electron chi connectivity index (χ4n) is 1.52. The molecule has 0 aliphatic carbocycles. The molecule has 18 heavy (non-hydrogen) atoms. The lowest BCUT2D eigenvalue weighted by atomic mass is 10.1. The molecule has 0 saturated carbocycles. The minimum Gasteiger partial charge on any atom is -0.394 e. The van der Waals surface area contributed by atoms with E-state index < -0.39 is 37.2 Å². The summed E-state index contributed by atoms with van der Waals surface area (Å²) >= 11 is 5.35. The van der Waals surface area contributed by atoms with Gasteiger partial charge >= 0.3 is 6.03 Å². The molecule has 1 fully saturated rings. The summed E-state index contributed by atoms with van der Waals surface area (Å²) in [5.74, 6) is 0.133. The smallest absolute Gasteiger partial charge is 0.343 e. The molecule has 2 amide bonds. The van der Waals surface area contributed by atoms with Gasteiger partial charge in [0.1, 0.15) is 18.3 Å². The van der Waals surface area contributed by atoms with Crippen LogP contribution in [0.25, 0.3) is 0 Å². The first-order valence-corrected chi connectivity index (χ1v) is 5.69. The molecule has 9 nitrogen and oxygen atoms in total. The second-order valence-electron chi connectivity index (χ2n) is 3.58. The molecule has 4 atom stereocenters. The third-order valence-corrected chi connectivity index (χ3v) is 2.61. The molecule has 0 aromatic rings. The van der Waals surface area contributed by atoms with Gasteiger partial charge in [0.2, 0.25) is 0 Å². The van der Waals surface area contributed by atoms with Gasteiger partial charge in [-0.1, -0.05) is 0 Å². The molecule has 0 spiro atoms. The number of nitroso groups, excluding NO2 is 1. The molecule has 1 aliphatic heterocycles. The van der Waals surface area contributed by atoms with E-state index in [2.05, 4.69) is 10.6 Å². The van der Waals surface area contributed by atoms with Crippen LogP contribution in [-0.4, -0.2) is 69.9 Å². The predicted octanol–water partition coefficient (Wildman–Crippen LogP) is -1.64. The molecule has 1 unspecified atom stereocenters. The van der Waals surface area contributed by atoms with Crippen molar-refractivity contribution in [2.24, 2.45) is 5.29 Å². The number of carbonyl (C=O) groups is 1. The van der Waals surface area contributed by atoms with Gasteiger partial charge in [-0.25, -0.2) is 4.79 Å². The van der Waals surface area contributed by atoms with Crippen LogP contribution in [0.1, 0.15) is 0 Å². The minimum absolute atomic E-state index is 0.0984. The lowest BCUT2D eigenvalue weighted by Gasteiger charge is -2.22. The molecule has 1 aliphatic rings. The summed E-state index contributed by atoms with van der Waals surface area (Å²) in [5.41, 5.74) is 0. The average molecular weight is 284 g/mol. The topological polar surface area (TPSA) is 132 Å². The van der Waals surface area contributed by atoms with Crippen molar-refractivity contribution in [3.8, 4) is 0 Å².